The fourth-order valence-electron chi connectivity index (χ4n) is 2.24. The summed E-state index contributed by atoms with van der Waals surface area (Å²) >= 11 is 1.89. The van der Waals surface area contributed by atoms with E-state index in [0.29, 0.717) is 12.1 Å². The Kier molecular flexibility index (Phi) is 4.00. The molecule has 2 nitrogen and oxygen atoms in total. The van der Waals surface area contributed by atoms with Crippen molar-refractivity contribution in [3.05, 3.63) is 21.9 Å². The van der Waals surface area contributed by atoms with Gasteiger partial charge in [-0.1, -0.05) is 6.92 Å². The second-order valence-electron chi connectivity index (χ2n) is 4.82. The monoisotopic (exact) mass is 238 g/mol. The predicted molar refractivity (Wildman–Crippen MR) is 71.0 cm³/mol. The first-order valence-corrected chi connectivity index (χ1v) is 7.09. The zero-order chi connectivity index (χ0) is 11.5. The van der Waals surface area contributed by atoms with Gasteiger partial charge in [0, 0.05) is 36.6 Å². The van der Waals surface area contributed by atoms with Crippen LogP contribution in [-0.2, 0) is 6.54 Å². The minimum Gasteiger partial charge on any atom is -0.311 e. The van der Waals surface area contributed by atoms with Gasteiger partial charge in [-0.15, -0.1) is 11.3 Å². The van der Waals surface area contributed by atoms with Gasteiger partial charge in [-0.3, -0.25) is 4.90 Å². The first kappa shape index (κ1) is 12.1. The van der Waals surface area contributed by atoms with E-state index in [2.05, 4.69) is 42.4 Å². The maximum absolute atomic E-state index is 3.60. The normalized spacial score (nSPS) is 27.2. The number of nitrogens with zero attached hydrogens (tertiary/aromatic N) is 1. The fraction of sp³-hybridized carbons (Fsp3) is 0.692. The van der Waals surface area contributed by atoms with Gasteiger partial charge in [0.15, 0.2) is 0 Å². The molecule has 2 unspecified atom stereocenters. The van der Waals surface area contributed by atoms with Crippen LogP contribution >= 0.6 is 11.3 Å². The number of rotatable bonds is 3. The first-order valence-electron chi connectivity index (χ1n) is 6.21. The molecule has 16 heavy (non-hydrogen) atoms. The molecule has 0 spiro atoms. The van der Waals surface area contributed by atoms with Crippen molar-refractivity contribution >= 4 is 11.3 Å². The summed E-state index contributed by atoms with van der Waals surface area (Å²) in [6, 6.07) is 3.56. The van der Waals surface area contributed by atoms with Crippen LogP contribution in [0.4, 0.5) is 0 Å². The van der Waals surface area contributed by atoms with E-state index in [1.807, 2.05) is 11.3 Å². The lowest BCUT2D eigenvalue weighted by molar-refractivity contribution is 0.132. The smallest absolute Gasteiger partial charge is 0.0334 e. The maximum atomic E-state index is 3.60. The summed E-state index contributed by atoms with van der Waals surface area (Å²) in [5, 5.41) is 5.81. The molecule has 2 rings (SSSR count). The van der Waals surface area contributed by atoms with Crippen LogP contribution in [0.2, 0.25) is 0 Å². The molecule has 0 aromatic carbocycles. The van der Waals surface area contributed by atoms with Gasteiger partial charge in [-0.05, 0) is 37.3 Å². The molecule has 0 bridgehead atoms. The number of hydrogen-bond acceptors (Lipinski definition) is 3. The second kappa shape index (κ2) is 5.30. The highest BCUT2D eigenvalue weighted by Crippen LogP contribution is 2.20. The van der Waals surface area contributed by atoms with E-state index in [1.165, 1.54) is 23.4 Å². The summed E-state index contributed by atoms with van der Waals surface area (Å²) in [7, 11) is 0. The Bertz CT molecular complexity index is 334. The van der Waals surface area contributed by atoms with Crippen molar-refractivity contribution in [2.45, 2.75) is 45.8 Å². The van der Waals surface area contributed by atoms with Gasteiger partial charge in [-0.25, -0.2) is 0 Å². The Morgan fingerprint density at radius 1 is 1.56 bits per heavy atom. The second-order valence-corrected chi connectivity index (χ2v) is 5.82. The Morgan fingerprint density at radius 2 is 2.38 bits per heavy atom. The van der Waals surface area contributed by atoms with Crippen molar-refractivity contribution in [2.24, 2.45) is 0 Å². The van der Waals surface area contributed by atoms with Crippen molar-refractivity contribution in [3.8, 4) is 0 Å². The molecule has 1 aliphatic rings. The van der Waals surface area contributed by atoms with Gasteiger partial charge in [0.25, 0.3) is 0 Å². The lowest BCUT2D eigenvalue weighted by Gasteiger charge is -2.38. The highest BCUT2D eigenvalue weighted by Gasteiger charge is 2.24. The molecule has 1 aromatic heterocycles. The van der Waals surface area contributed by atoms with Crippen LogP contribution in [0.5, 0.6) is 0 Å². The van der Waals surface area contributed by atoms with Crippen LogP contribution in [0.1, 0.15) is 30.7 Å². The van der Waals surface area contributed by atoms with E-state index < -0.39 is 0 Å². The van der Waals surface area contributed by atoms with Crippen LogP contribution < -0.4 is 5.32 Å². The largest absolute Gasteiger partial charge is 0.311 e. The summed E-state index contributed by atoms with van der Waals surface area (Å²) in [5.74, 6) is 0. The van der Waals surface area contributed by atoms with Gasteiger partial charge in [0.2, 0.25) is 0 Å². The van der Waals surface area contributed by atoms with E-state index in [9.17, 15) is 0 Å². The van der Waals surface area contributed by atoms with Crippen LogP contribution in [0.25, 0.3) is 0 Å². The van der Waals surface area contributed by atoms with E-state index >= 15 is 0 Å². The molecule has 0 amide bonds. The lowest BCUT2D eigenvalue weighted by atomic mass is 10.1. The molecule has 2 heterocycles. The quantitative estimate of drug-likeness (QED) is 0.871. The number of piperazine rings is 1. The fourth-order valence-corrected chi connectivity index (χ4v) is 3.17. The van der Waals surface area contributed by atoms with Crippen LogP contribution in [0.15, 0.2) is 11.4 Å². The lowest BCUT2D eigenvalue weighted by Crippen LogP contribution is -2.54. The van der Waals surface area contributed by atoms with Crippen LogP contribution in [-0.4, -0.2) is 30.1 Å². The molecule has 0 radical (unpaired) electrons. The Labute approximate surface area is 103 Å². The summed E-state index contributed by atoms with van der Waals surface area (Å²) < 4.78 is 0. The van der Waals surface area contributed by atoms with Gasteiger partial charge in [-0.2, -0.15) is 0 Å². The first-order chi connectivity index (χ1) is 7.70. The van der Waals surface area contributed by atoms with Crippen molar-refractivity contribution in [1.82, 2.24) is 10.2 Å². The molecule has 1 aliphatic heterocycles. The van der Waals surface area contributed by atoms with E-state index in [-0.39, 0.29) is 0 Å². The predicted octanol–water partition coefficient (Wildman–Crippen LogP) is 2.63. The third kappa shape index (κ3) is 2.65. The zero-order valence-electron chi connectivity index (χ0n) is 10.5. The third-order valence-corrected chi connectivity index (χ3v) is 4.60. The summed E-state index contributed by atoms with van der Waals surface area (Å²) in [6.45, 7) is 10.3. The van der Waals surface area contributed by atoms with Crippen molar-refractivity contribution in [3.63, 3.8) is 0 Å². The molecule has 1 saturated heterocycles. The van der Waals surface area contributed by atoms with Gasteiger partial charge >= 0.3 is 0 Å². The van der Waals surface area contributed by atoms with Crippen molar-refractivity contribution < 1.29 is 0 Å². The molecule has 1 fully saturated rings. The summed E-state index contributed by atoms with van der Waals surface area (Å²) in [6.07, 6.45) is 1.23. The zero-order valence-corrected chi connectivity index (χ0v) is 11.3. The number of hydrogen-bond donors (Lipinski definition) is 1. The van der Waals surface area contributed by atoms with Gasteiger partial charge in [0.05, 0.1) is 0 Å². The number of nitrogens with one attached hydrogen (secondary N) is 1. The minimum absolute atomic E-state index is 0.657. The van der Waals surface area contributed by atoms with Crippen molar-refractivity contribution in [2.75, 3.05) is 13.1 Å². The highest BCUT2D eigenvalue weighted by molar-refractivity contribution is 7.10. The molecule has 1 N–H and O–H groups in total. The maximum Gasteiger partial charge on any atom is 0.0334 e. The van der Waals surface area contributed by atoms with E-state index in [1.54, 1.807) is 0 Å². The summed E-state index contributed by atoms with van der Waals surface area (Å²) in [5.41, 5.74) is 1.45. The average molecular weight is 238 g/mol. The molecular formula is C13H22N2S. The average Bonchev–Trinajstić information content (AvgIpc) is 2.68. The molecule has 3 heteroatoms. The highest BCUT2D eigenvalue weighted by atomic mass is 32.1. The standard InChI is InChI=1S/C13H22N2S/c1-4-12-8-15(11(3)7-14-12)9-13-10(2)5-6-16-13/h5-6,11-12,14H,4,7-9H2,1-3H3. The molecule has 0 aliphatic carbocycles. The van der Waals surface area contributed by atoms with Crippen LogP contribution in [0, 0.1) is 6.92 Å². The Balaban J connectivity index is 1.99. The van der Waals surface area contributed by atoms with E-state index in [4.69, 9.17) is 0 Å². The third-order valence-electron chi connectivity index (χ3n) is 3.59. The Morgan fingerprint density at radius 3 is 3.00 bits per heavy atom. The summed E-state index contributed by atoms with van der Waals surface area (Å²) in [4.78, 5) is 4.15. The van der Waals surface area contributed by atoms with Gasteiger partial charge in [0.1, 0.15) is 0 Å². The molecule has 0 saturated carbocycles. The van der Waals surface area contributed by atoms with E-state index in [0.717, 1.165) is 13.1 Å². The minimum atomic E-state index is 0.657. The van der Waals surface area contributed by atoms with Gasteiger partial charge < -0.3 is 5.32 Å². The number of thiophene rings is 1. The number of aryl methyl sites for hydroxylation is 1. The SMILES string of the molecule is CCC1CN(Cc2sccc2C)C(C)CN1. The Hall–Kier alpha value is -0.380. The molecule has 90 valence electrons. The molecular weight excluding hydrogens is 216 g/mol. The molecule has 2 atom stereocenters. The molecule has 1 aromatic rings. The van der Waals surface area contributed by atoms with Crippen molar-refractivity contribution in [1.29, 1.82) is 0 Å². The topological polar surface area (TPSA) is 15.3 Å². The van der Waals surface area contributed by atoms with Crippen LogP contribution in [0.3, 0.4) is 0 Å².